The van der Waals surface area contributed by atoms with Crippen LogP contribution in [0.4, 0.5) is 5.69 Å². The third-order valence-corrected chi connectivity index (χ3v) is 2.77. The lowest BCUT2D eigenvalue weighted by Gasteiger charge is -2.16. The summed E-state index contributed by atoms with van der Waals surface area (Å²) in [5.74, 6) is 0.823. The minimum atomic E-state index is -0.457. The number of aromatic nitrogens is 2. The Hall–Kier alpha value is -2.28. The highest BCUT2D eigenvalue weighted by atomic mass is 16.6. The number of non-ortho nitro benzene ring substituents is 1. The zero-order valence-electron chi connectivity index (χ0n) is 11.4. The maximum atomic E-state index is 10.7. The fraction of sp³-hybridized carbons (Fsp3) is 0.385. The van der Waals surface area contributed by atoms with E-state index >= 15 is 0 Å². The largest absolute Gasteiger partial charge is 0.339 e. The molecule has 7 nitrogen and oxygen atoms in total. The van der Waals surface area contributed by atoms with Gasteiger partial charge in [-0.1, -0.05) is 17.3 Å². The first kappa shape index (κ1) is 14.1. The van der Waals surface area contributed by atoms with Crippen molar-refractivity contribution in [2.75, 3.05) is 0 Å². The van der Waals surface area contributed by atoms with Crippen LogP contribution in [0.15, 0.2) is 28.8 Å². The molecule has 1 heterocycles. The summed E-state index contributed by atoms with van der Waals surface area (Å²) >= 11 is 0. The summed E-state index contributed by atoms with van der Waals surface area (Å²) < 4.78 is 5.13. The van der Waals surface area contributed by atoms with E-state index in [1.54, 1.807) is 12.1 Å². The maximum absolute atomic E-state index is 10.7. The summed E-state index contributed by atoms with van der Waals surface area (Å²) in [5.41, 5.74) is 6.14. The Morgan fingerprint density at radius 2 is 2.20 bits per heavy atom. The van der Waals surface area contributed by atoms with E-state index in [-0.39, 0.29) is 11.2 Å². The number of rotatable bonds is 5. The van der Waals surface area contributed by atoms with Gasteiger partial charge < -0.3 is 10.3 Å². The molecular weight excluding hydrogens is 260 g/mol. The van der Waals surface area contributed by atoms with Crippen LogP contribution in [-0.2, 0) is 6.42 Å². The molecule has 1 aromatic heterocycles. The number of benzene rings is 1. The van der Waals surface area contributed by atoms with Gasteiger partial charge in [-0.25, -0.2) is 0 Å². The molecule has 2 N–H and O–H groups in total. The van der Waals surface area contributed by atoms with Crippen LogP contribution < -0.4 is 5.73 Å². The topological polar surface area (TPSA) is 108 Å². The fourth-order valence-electron chi connectivity index (χ4n) is 1.66. The second-order valence-electron chi connectivity index (χ2n) is 5.31. The molecular formula is C13H16N4O3. The van der Waals surface area contributed by atoms with Crippen molar-refractivity contribution < 1.29 is 9.45 Å². The highest BCUT2D eigenvalue weighted by Crippen LogP contribution is 2.22. The van der Waals surface area contributed by atoms with Crippen molar-refractivity contribution in [2.24, 2.45) is 5.73 Å². The molecule has 0 spiro atoms. The fourth-order valence-corrected chi connectivity index (χ4v) is 1.66. The molecule has 2 rings (SSSR count). The molecule has 20 heavy (non-hydrogen) atoms. The van der Waals surface area contributed by atoms with Gasteiger partial charge in [-0.15, -0.1) is 0 Å². The predicted molar refractivity (Wildman–Crippen MR) is 73.0 cm³/mol. The van der Waals surface area contributed by atoms with E-state index in [1.807, 2.05) is 13.8 Å². The molecule has 0 bridgehead atoms. The first-order chi connectivity index (χ1) is 9.35. The summed E-state index contributed by atoms with van der Waals surface area (Å²) in [6, 6.07) is 6.13. The van der Waals surface area contributed by atoms with Gasteiger partial charge >= 0.3 is 0 Å². The van der Waals surface area contributed by atoms with E-state index in [0.717, 1.165) is 0 Å². The normalized spacial score (nSPS) is 11.6. The zero-order valence-corrected chi connectivity index (χ0v) is 11.4. The number of hydrogen-bond donors (Lipinski definition) is 1. The number of hydrogen-bond acceptors (Lipinski definition) is 6. The van der Waals surface area contributed by atoms with Gasteiger partial charge in [0, 0.05) is 29.7 Å². The number of nitro benzene ring substituents is 1. The summed E-state index contributed by atoms with van der Waals surface area (Å²) in [6.07, 6.45) is 1.29. The van der Waals surface area contributed by atoms with Crippen LogP contribution in [0.2, 0.25) is 0 Å². The zero-order chi connectivity index (χ0) is 14.8. The van der Waals surface area contributed by atoms with Gasteiger partial charge in [0.15, 0.2) is 0 Å². The third kappa shape index (κ3) is 3.61. The minimum absolute atomic E-state index is 0.00283. The Kier molecular flexibility index (Phi) is 3.80. The van der Waals surface area contributed by atoms with E-state index < -0.39 is 4.92 Å². The lowest BCUT2D eigenvalue weighted by atomic mass is 10.0. The summed E-state index contributed by atoms with van der Waals surface area (Å²) in [7, 11) is 0. The number of aryl methyl sites for hydroxylation is 1. The average molecular weight is 276 g/mol. The highest BCUT2D eigenvalue weighted by molar-refractivity contribution is 5.58. The van der Waals surface area contributed by atoms with Crippen molar-refractivity contribution in [1.29, 1.82) is 0 Å². The quantitative estimate of drug-likeness (QED) is 0.663. The smallest absolute Gasteiger partial charge is 0.270 e. The van der Waals surface area contributed by atoms with E-state index in [2.05, 4.69) is 10.1 Å². The monoisotopic (exact) mass is 276 g/mol. The van der Waals surface area contributed by atoms with E-state index in [0.29, 0.717) is 30.1 Å². The molecule has 0 saturated carbocycles. The van der Waals surface area contributed by atoms with Gasteiger partial charge in [0.25, 0.3) is 5.69 Å². The van der Waals surface area contributed by atoms with Crippen LogP contribution in [0.3, 0.4) is 0 Å². The second-order valence-corrected chi connectivity index (χ2v) is 5.31. The minimum Gasteiger partial charge on any atom is -0.339 e. The van der Waals surface area contributed by atoms with Crippen LogP contribution in [0.5, 0.6) is 0 Å². The second kappa shape index (κ2) is 5.38. The Morgan fingerprint density at radius 3 is 2.85 bits per heavy atom. The van der Waals surface area contributed by atoms with Gasteiger partial charge in [-0.2, -0.15) is 4.98 Å². The van der Waals surface area contributed by atoms with Gasteiger partial charge in [0.2, 0.25) is 11.7 Å². The standard InChI is InChI=1S/C13H16N4O3/c1-13(2,14)7-6-11-15-12(16-20-11)9-4-3-5-10(8-9)17(18)19/h3-5,8H,6-7,14H2,1-2H3. The molecule has 2 aromatic rings. The summed E-state index contributed by atoms with van der Waals surface area (Å²) in [5, 5.41) is 14.6. The van der Waals surface area contributed by atoms with E-state index in [1.165, 1.54) is 12.1 Å². The average Bonchev–Trinajstić information content (AvgIpc) is 2.84. The van der Waals surface area contributed by atoms with Crippen molar-refractivity contribution in [3.05, 3.63) is 40.3 Å². The van der Waals surface area contributed by atoms with Crippen molar-refractivity contribution >= 4 is 5.69 Å². The van der Waals surface area contributed by atoms with Crippen molar-refractivity contribution in [1.82, 2.24) is 10.1 Å². The van der Waals surface area contributed by atoms with Crippen LogP contribution in [0, 0.1) is 10.1 Å². The molecule has 0 aliphatic carbocycles. The summed E-state index contributed by atoms with van der Waals surface area (Å²) in [4.78, 5) is 14.5. The lowest BCUT2D eigenvalue weighted by molar-refractivity contribution is -0.384. The number of nitrogens with two attached hydrogens (primary N) is 1. The summed E-state index contributed by atoms with van der Waals surface area (Å²) in [6.45, 7) is 3.84. The van der Waals surface area contributed by atoms with Gasteiger partial charge in [0.05, 0.1) is 4.92 Å². The van der Waals surface area contributed by atoms with Crippen LogP contribution in [-0.4, -0.2) is 20.6 Å². The molecule has 0 fully saturated rings. The molecule has 0 radical (unpaired) electrons. The molecule has 0 unspecified atom stereocenters. The van der Waals surface area contributed by atoms with Crippen molar-refractivity contribution in [3.8, 4) is 11.4 Å². The van der Waals surface area contributed by atoms with Gasteiger partial charge in [-0.3, -0.25) is 10.1 Å². The molecule has 106 valence electrons. The Labute approximate surface area is 115 Å². The van der Waals surface area contributed by atoms with Crippen LogP contribution in [0.25, 0.3) is 11.4 Å². The lowest BCUT2D eigenvalue weighted by Crippen LogP contribution is -2.32. The van der Waals surface area contributed by atoms with E-state index in [4.69, 9.17) is 10.3 Å². The van der Waals surface area contributed by atoms with Crippen molar-refractivity contribution in [2.45, 2.75) is 32.2 Å². The molecule has 0 aliphatic heterocycles. The molecule has 7 heteroatoms. The molecule has 0 saturated heterocycles. The van der Waals surface area contributed by atoms with Crippen LogP contribution >= 0.6 is 0 Å². The van der Waals surface area contributed by atoms with Gasteiger partial charge in [0.1, 0.15) is 0 Å². The number of nitro groups is 1. The Bertz CT molecular complexity index is 616. The Morgan fingerprint density at radius 1 is 1.45 bits per heavy atom. The maximum Gasteiger partial charge on any atom is 0.270 e. The molecule has 0 amide bonds. The predicted octanol–water partition coefficient (Wildman–Crippen LogP) is 2.31. The van der Waals surface area contributed by atoms with Gasteiger partial charge in [-0.05, 0) is 20.3 Å². The Balaban J connectivity index is 2.16. The van der Waals surface area contributed by atoms with E-state index in [9.17, 15) is 10.1 Å². The first-order valence-corrected chi connectivity index (χ1v) is 6.21. The first-order valence-electron chi connectivity index (χ1n) is 6.21. The number of nitrogens with zero attached hydrogens (tertiary/aromatic N) is 3. The molecule has 0 aliphatic rings. The van der Waals surface area contributed by atoms with Crippen LogP contribution in [0.1, 0.15) is 26.2 Å². The van der Waals surface area contributed by atoms with Crippen molar-refractivity contribution in [3.63, 3.8) is 0 Å². The molecule has 1 aromatic carbocycles. The SMILES string of the molecule is CC(C)(N)CCc1nc(-c2cccc([N+](=O)[O-])c2)no1. The highest BCUT2D eigenvalue weighted by Gasteiger charge is 2.15. The third-order valence-electron chi connectivity index (χ3n) is 2.77. The molecule has 0 atom stereocenters.